The van der Waals surface area contributed by atoms with Crippen molar-refractivity contribution in [3.8, 4) is 17.2 Å². The minimum atomic E-state index is -1.37. The highest BCUT2D eigenvalue weighted by Gasteiger charge is 2.53. The molecule has 2 aliphatic rings. The van der Waals surface area contributed by atoms with Crippen molar-refractivity contribution in [3.05, 3.63) is 50.7 Å². The SMILES string of the molecule is CC(=O)OC[C@H]1O[C@@H](n2c3c(c(-c4ccc(Cl)cc4)c(C#N)c2=S)CCCC3)[C@H](OC(C)=O)[C@@H](OC(C)=O)[C@H]1OC(C)=O. The number of rotatable bonds is 7. The van der Waals surface area contributed by atoms with Crippen LogP contribution >= 0.6 is 23.8 Å². The van der Waals surface area contributed by atoms with Crippen molar-refractivity contribution >= 4 is 47.7 Å². The lowest BCUT2D eigenvalue weighted by Gasteiger charge is -2.46. The van der Waals surface area contributed by atoms with Crippen LogP contribution in [0.2, 0.25) is 5.02 Å². The topological polar surface area (TPSA) is 143 Å². The summed E-state index contributed by atoms with van der Waals surface area (Å²) in [4.78, 5) is 48.6. The number of carbonyl (C=O) groups is 4. The summed E-state index contributed by atoms with van der Waals surface area (Å²) in [5, 5.41) is 10.9. The fourth-order valence-electron chi connectivity index (χ4n) is 5.65. The Morgan fingerprint density at radius 3 is 2.09 bits per heavy atom. The third-order valence-electron chi connectivity index (χ3n) is 7.18. The van der Waals surface area contributed by atoms with Crippen LogP contribution in [0.15, 0.2) is 24.3 Å². The number of ether oxygens (including phenoxy) is 5. The maximum absolute atomic E-state index is 12.4. The molecule has 0 unspecified atom stereocenters. The van der Waals surface area contributed by atoms with Crippen molar-refractivity contribution in [2.24, 2.45) is 0 Å². The summed E-state index contributed by atoms with van der Waals surface area (Å²) < 4.78 is 30.2. The molecule has 1 aliphatic carbocycles. The Morgan fingerprint density at radius 2 is 1.51 bits per heavy atom. The molecule has 11 nitrogen and oxygen atoms in total. The lowest BCUT2D eigenvalue weighted by Crippen LogP contribution is -2.61. The molecule has 2 heterocycles. The standard InChI is InChI=1S/C30H31ClN2O9S/c1-15(34)38-14-24-26(39-16(2)35)27(40-17(3)36)28(41-18(4)37)29(42-24)33-23-8-6-5-7-21(23)25(22(13-32)30(33)43)19-9-11-20(31)12-10-19/h9-12,24,26-29H,5-8,14H2,1-4H3/t24-,26+,27+,28-,29-/m1/s1. The first-order valence-corrected chi connectivity index (χ1v) is 14.5. The van der Waals surface area contributed by atoms with E-state index in [9.17, 15) is 24.4 Å². The molecule has 4 rings (SSSR count). The summed E-state index contributed by atoms with van der Waals surface area (Å²) in [6.45, 7) is 4.31. The molecular weight excluding hydrogens is 600 g/mol. The fraction of sp³-hybridized carbons (Fsp3) is 0.467. The van der Waals surface area contributed by atoms with E-state index in [1.54, 1.807) is 16.7 Å². The first-order valence-electron chi connectivity index (χ1n) is 13.7. The minimum absolute atomic E-state index is 0.106. The van der Waals surface area contributed by atoms with E-state index in [0.29, 0.717) is 23.4 Å². The van der Waals surface area contributed by atoms with E-state index < -0.39 is 54.5 Å². The van der Waals surface area contributed by atoms with Crippen LogP contribution in [0.4, 0.5) is 0 Å². The molecule has 1 aromatic heterocycles. The predicted octanol–water partition coefficient (Wildman–Crippen LogP) is 4.54. The van der Waals surface area contributed by atoms with E-state index in [-0.39, 0.29) is 16.8 Å². The maximum atomic E-state index is 12.4. The smallest absolute Gasteiger partial charge is 0.303 e. The Kier molecular flexibility index (Phi) is 10.2. The quantitative estimate of drug-likeness (QED) is 0.241. The van der Waals surface area contributed by atoms with Crippen molar-refractivity contribution in [2.75, 3.05) is 6.61 Å². The largest absolute Gasteiger partial charge is 0.463 e. The van der Waals surface area contributed by atoms with E-state index in [2.05, 4.69) is 6.07 Å². The number of nitrogens with zero attached hydrogens (tertiary/aromatic N) is 2. The van der Waals surface area contributed by atoms with Gasteiger partial charge in [-0.2, -0.15) is 5.26 Å². The normalized spacial score (nSPS) is 22.8. The van der Waals surface area contributed by atoms with Crippen LogP contribution in [0.25, 0.3) is 11.1 Å². The number of halogens is 1. The molecule has 2 aromatic rings. The summed E-state index contributed by atoms with van der Waals surface area (Å²) in [5.74, 6) is -2.82. The Bertz CT molecular complexity index is 1530. The van der Waals surface area contributed by atoms with Gasteiger partial charge >= 0.3 is 23.9 Å². The summed E-state index contributed by atoms with van der Waals surface area (Å²) >= 11 is 12.1. The molecule has 1 aliphatic heterocycles. The van der Waals surface area contributed by atoms with Gasteiger partial charge in [-0.25, -0.2) is 0 Å². The van der Waals surface area contributed by atoms with Gasteiger partial charge in [-0.15, -0.1) is 0 Å². The second-order valence-corrected chi connectivity index (χ2v) is 11.1. The molecule has 0 bridgehead atoms. The highest BCUT2D eigenvalue weighted by Crippen LogP contribution is 2.41. The van der Waals surface area contributed by atoms with Crippen molar-refractivity contribution in [2.45, 2.75) is 84.0 Å². The Hall–Kier alpha value is -3.79. The third-order valence-corrected chi connectivity index (χ3v) is 7.83. The monoisotopic (exact) mass is 630 g/mol. The summed E-state index contributed by atoms with van der Waals surface area (Å²) in [6, 6.07) is 9.35. The molecule has 43 heavy (non-hydrogen) atoms. The molecule has 1 saturated heterocycles. The molecule has 1 aromatic carbocycles. The highest BCUT2D eigenvalue weighted by atomic mass is 35.5. The van der Waals surface area contributed by atoms with Crippen LogP contribution in [0.1, 0.15) is 63.6 Å². The Morgan fingerprint density at radius 1 is 0.930 bits per heavy atom. The van der Waals surface area contributed by atoms with Gasteiger partial charge in [0.25, 0.3) is 0 Å². The lowest BCUT2D eigenvalue weighted by molar-refractivity contribution is -0.269. The van der Waals surface area contributed by atoms with Crippen LogP contribution in [-0.4, -0.2) is 59.5 Å². The molecule has 228 valence electrons. The van der Waals surface area contributed by atoms with Gasteiger partial charge in [0.05, 0.1) is 5.56 Å². The zero-order valence-corrected chi connectivity index (χ0v) is 25.7. The fourth-order valence-corrected chi connectivity index (χ4v) is 6.13. The van der Waals surface area contributed by atoms with Crippen LogP contribution in [0, 0.1) is 16.0 Å². The van der Waals surface area contributed by atoms with Crippen molar-refractivity contribution < 1.29 is 42.9 Å². The van der Waals surface area contributed by atoms with Crippen molar-refractivity contribution in [1.82, 2.24) is 4.57 Å². The molecule has 0 amide bonds. The summed E-state index contributed by atoms with van der Waals surface area (Å²) in [5.41, 5.74) is 3.26. The first-order chi connectivity index (χ1) is 20.4. The second-order valence-electron chi connectivity index (χ2n) is 10.3. The van der Waals surface area contributed by atoms with Gasteiger partial charge in [0.15, 0.2) is 24.5 Å². The molecule has 0 N–H and O–H groups in total. The minimum Gasteiger partial charge on any atom is -0.463 e. The maximum Gasteiger partial charge on any atom is 0.303 e. The number of hydrogen-bond donors (Lipinski definition) is 0. The van der Waals surface area contributed by atoms with Gasteiger partial charge in [-0.05, 0) is 48.9 Å². The van der Waals surface area contributed by atoms with E-state index >= 15 is 0 Å². The zero-order chi connectivity index (χ0) is 31.4. The Labute approximate surface area is 258 Å². The lowest BCUT2D eigenvalue weighted by atomic mass is 9.86. The number of aromatic nitrogens is 1. The van der Waals surface area contributed by atoms with E-state index in [1.165, 1.54) is 13.8 Å². The molecule has 13 heteroatoms. The van der Waals surface area contributed by atoms with Crippen LogP contribution < -0.4 is 0 Å². The van der Waals surface area contributed by atoms with E-state index in [1.807, 2.05) is 12.1 Å². The molecular formula is C30H31ClN2O9S. The van der Waals surface area contributed by atoms with Crippen LogP contribution in [-0.2, 0) is 55.7 Å². The van der Waals surface area contributed by atoms with E-state index in [4.69, 9.17) is 47.5 Å². The first kappa shape index (κ1) is 32.1. The Balaban J connectivity index is 1.99. The zero-order valence-electron chi connectivity index (χ0n) is 24.1. The van der Waals surface area contributed by atoms with Crippen molar-refractivity contribution in [3.63, 3.8) is 0 Å². The second kappa shape index (κ2) is 13.7. The molecule has 0 saturated carbocycles. The summed E-state index contributed by atoms with van der Waals surface area (Å²) in [7, 11) is 0. The highest BCUT2D eigenvalue weighted by molar-refractivity contribution is 7.71. The van der Waals surface area contributed by atoms with Crippen LogP contribution in [0.5, 0.6) is 0 Å². The molecule has 0 radical (unpaired) electrons. The van der Waals surface area contributed by atoms with Gasteiger partial charge in [0.1, 0.15) is 23.4 Å². The molecule has 1 fully saturated rings. The van der Waals surface area contributed by atoms with Crippen LogP contribution in [0.3, 0.4) is 0 Å². The van der Waals surface area contributed by atoms with Gasteiger partial charge in [0, 0.05) is 44.0 Å². The number of fused-ring (bicyclic) bond motifs is 1. The van der Waals surface area contributed by atoms with E-state index in [0.717, 1.165) is 43.5 Å². The average molecular weight is 631 g/mol. The average Bonchev–Trinajstić information content (AvgIpc) is 2.94. The molecule has 0 spiro atoms. The number of pyridine rings is 1. The third kappa shape index (κ3) is 7.06. The van der Waals surface area contributed by atoms with Gasteiger partial charge in [0.2, 0.25) is 0 Å². The summed E-state index contributed by atoms with van der Waals surface area (Å²) in [6.07, 6.45) is -3.59. The molecule has 5 atom stereocenters. The number of hydrogen-bond acceptors (Lipinski definition) is 11. The van der Waals surface area contributed by atoms with Crippen molar-refractivity contribution in [1.29, 1.82) is 5.26 Å². The number of nitriles is 1. The number of benzene rings is 1. The van der Waals surface area contributed by atoms with Gasteiger partial charge in [-0.3, -0.25) is 19.2 Å². The number of carbonyl (C=O) groups excluding carboxylic acids is 4. The van der Waals surface area contributed by atoms with Gasteiger partial charge in [-0.1, -0.05) is 36.0 Å². The van der Waals surface area contributed by atoms with Gasteiger partial charge < -0.3 is 28.3 Å². The predicted molar refractivity (Wildman–Crippen MR) is 154 cm³/mol. The number of esters is 4.